The van der Waals surface area contributed by atoms with Gasteiger partial charge in [-0.15, -0.1) is 0 Å². The van der Waals surface area contributed by atoms with E-state index in [4.69, 9.17) is 0 Å². The number of anilines is 1. The lowest BCUT2D eigenvalue weighted by molar-refractivity contribution is -0.385. The molecule has 0 fully saturated rings. The first-order valence-corrected chi connectivity index (χ1v) is 6.28. The molecule has 0 aliphatic heterocycles. The summed E-state index contributed by atoms with van der Waals surface area (Å²) >= 11 is 3.13. The molecule has 0 aliphatic carbocycles. The van der Waals surface area contributed by atoms with Gasteiger partial charge in [-0.25, -0.2) is 4.39 Å². The summed E-state index contributed by atoms with van der Waals surface area (Å²) in [4.78, 5) is 10.4. The average molecular weight is 325 g/mol. The zero-order valence-corrected chi connectivity index (χ0v) is 11.4. The second kappa shape index (κ2) is 5.79. The van der Waals surface area contributed by atoms with E-state index in [2.05, 4.69) is 21.2 Å². The number of hydrogen-bond donors (Lipinski definition) is 1. The van der Waals surface area contributed by atoms with Crippen LogP contribution in [0.4, 0.5) is 15.8 Å². The standard InChI is InChI=1S/C13H10BrFN2O2/c14-12-6-1-9(7-13(12)17(18)19)8-16-11-4-2-10(15)3-5-11/h1-7,16H,8H2. The number of hydrogen-bond acceptors (Lipinski definition) is 3. The SMILES string of the molecule is O=[N+]([O-])c1cc(CNc2ccc(F)cc2)ccc1Br. The van der Waals surface area contributed by atoms with Crippen LogP contribution < -0.4 is 5.32 Å². The van der Waals surface area contributed by atoms with E-state index in [9.17, 15) is 14.5 Å². The highest BCUT2D eigenvalue weighted by atomic mass is 79.9. The largest absolute Gasteiger partial charge is 0.381 e. The zero-order valence-electron chi connectivity index (χ0n) is 9.77. The normalized spacial score (nSPS) is 10.2. The minimum Gasteiger partial charge on any atom is -0.381 e. The molecule has 4 nitrogen and oxygen atoms in total. The molecule has 0 radical (unpaired) electrons. The van der Waals surface area contributed by atoms with Crippen molar-refractivity contribution in [1.29, 1.82) is 0 Å². The fourth-order valence-corrected chi connectivity index (χ4v) is 1.97. The molecule has 0 unspecified atom stereocenters. The van der Waals surface area contributed by atoms with Crippen molar-refractivity contribution < 1.29 is 9.31 Å². The Balaban J connectivity index is 2.09. The molecule has 2 rings (SSSR count). The van der Waals surface area contributed by atoms with Crippen LogP contribution in [0.15, 0.2) is 46.9 Å². The van der Waals surface area contributed by atoms with Gasteiger partial charge in [0.1, 0.15) is 5.82 Å². The number of benzene rings is 2. The van der Waals surface area contributed by atoms with Crippen molar-refractivity contribution in [2.75, 3.05) is 5.32 Å². The van der Waals surface area contributed by atoms with Gasteiger partial charge in [0, 0.05) is 18.3 Å². The quantitative estimate of drug-likeness (QED) is 0.680. The lowest BCUT2D eigenvalue weighted by atomic mass is 10.2. The maximum atomic E-state index is 12.7. The van der Waals surface area contributed by atoms with Crippen LogP contribution in [0.1, 0.15) is 5.56 Å². The third-order valence-corrected chi connectivity index (χ3v) is 3.22. The summed E-state index contributed by atoms with van der Waals surface area (Å²) in [5.41, 5.74) is 1.56. The van der Waals surface area contributed by atoms with Gasteiger partial charge in [-0.3, -0.25) is 10.1 Å². The Morgan fingerprint density at radius 3 is 2.53 bits per heavy atom. The van der Waals surface area contributed by atoms with E-state index >= 15 is 0 Å². The van der Waals surface area contributed by atoms with Gasteiger partial charge in [-0.2, -0.15) is 0 Å². The predicted molar refractivity (Wildman–Crippen MR) is 74.5 cm³/mol. The Morgan fingerprint density at radius 2 is 1.89 bits per heavy atom. The number of nitro groups is 1. The van der Waals surface area contributed by atoms with Gasteiger partial charge in [0.15, 0.2) is 0 Å². The van der Waals surface area contributed by atoms with Crippen molar-refractivity contribution in [1.82, 2.24) is 0 Å². The van der Waals surface area contributed by atoms with E-state index in [0.29, 0.717) is 11.0 Å². The number of rotatable bonds is 4. The topological polar surface area (TPSA) is 55.2 Å². The van der Waals surface area contributed by atoms with Gasteiger partial charge in [-0.1, -0.05) is 6.07 Å². The molecule has 19 heavy (non-hydrogen) atoms. The van der Waals surface area contributed by atoms with Gasteiger partial charge in [0.25, 0.3) is 5.69 Å². The molecule has 0 bridgehead atoms. The predicted octanol–water partition coefficient (Wildman–Crippen LogP) is 4.11. The molecule has 0 aromatic heterocycles. The summed E-state index contributed by atoms with van der Waals surface area (Å²) in [6, 6.07) is 10.9. The highest BCUT2D eigenvalue weighted by Crippen LogP contribution is 2.25. The van der Waals surface area contributed by atoms with E-state index in [0.717, 1.165) is 11.3 Å². The first kappa shape index (κ1) is 13.5. The molecule has 0 amide bonds. The molecule has 1 N–H and O–H groups in total. The summed E-state index contributed by atoms with van der Waals surface area (Å²) in [6.45, 7) is 0.430. The van der Waals surface area contributed by atoms with Gasteiger partial charge >= 0.3 is 0 Å². The highest BCUT2D eigenvalue weighted by Gasteiger charge is 2.11. The first-order valence-electron chi connectivity index (χ1n) is 5.48. The third kappa shape index (κ3) is 3.51. The minimum absolute atomic E-state index is 0.0263. The average Bonchev–Trinajstić information content (AvgIpc) is 2.39. The number of nitro benzene ring substituents is 1. The van der Waals surface area contributed by atoms with Crippen molar-refractivity contribution in [3.05, 3.63) is 68.4 Å². The molecule has 0 saturated carbocycles. The van der Waals surface area contributed by atoms with Crippen LogP contribution in [0, 0.1) is 15.9 Å². The van der Waals surface area contributed by atoms with Crippen LogP contribution >= 0.6 is 15.9 Å². The number of nitrogens with one attached hydrogen (secondary N) is 1. The van der Waals surface area contributed by atoms with Crippen LogP contribution in [0.3, 0.4) is 0 Å². The first-order chi connectivity index (χ1) is 9.06. The third-order valence-electron chi connectivity index (χ3n) is 2.55. The van der Waals surface area contributed by atoms with Gasteiger partial charge in [0.2, 0.25) is 0 Å². The molecule has 6 heteroatoms. The molecular weight excluding hydrogens is 315 g/mol. The zero-order chi connectivity index (χ0) is 13.8. The second-order valence-corrected chi connectivity index (χ2v) is 4.76. The van der Waals surface area contributed by atoms with Crippen molar-refractivity contribution >= 4 is 27.3 Å². The smallest absolute Gasteiger partial charge is 0.283 e. The van der Waals surface area contributed by atoms with Crippen LogP contribution in [0.5, 0.6) is 0 Å². The lowest BCUT2D eigenvalue weighted by Gasteiger charge is -2.06. The number of halogens is 2. The molecule has 2 aromatic carbocycles. The molecule has 98 valence electrons. The Bertz CT molecular complexity index is 602. The van der Waals surface area contributed by atoms with E-state index in [1.807, 2.05) is 0 Å². The van der Waals surface area contributed by atoms with Gasteiger partial charge in [-0.05, 0) is 51.8 Å². The Labute approximate surface area is 117 Å². The molecule has 0 heterocycles. The Kier molecular flexibility index (Phi) is 4.11. The molecule has 0 spiro atoms. The van der Waals surface area contributed by atoms with Crippen LogP contribution in [0.2, 0.25) is 0 Å². The van der Waals surface area contributed by atoms with Crippen molar-refractivity contribution in [3.8, 4) is 0 Å². The van der Waals surface area contributed by atoms with E-state index in [1.54, 1.807) is 24.3 Å². The summed E-state index contributed by atoms with van der Waals surface area (Å²) in [6.07, 6.45) is 0. The van der Waals surface area contributed by atoms with Gasteiger partial charge in [0.05, 0.1) is 9.40 Å². The van der Waals surface area contributed by atoms with E-state index in [-0.39, 0.29) is 11.5 Å². The molecule has 0 saturated heterocycles. The maximum absolute atomic E-state index is 12.7. The van der Waals surface area contributed by atoms with Crippen molar-refractivity contribution in [3.63, 3.8) is 0 Å². The van der Waals surface area contributed by atoms with Gasteiger partial charge < -0.3 is 5.32 Å². The number of nitrogens with zero attached hydrogens (tertiary/aromatic N) is 1. The minimum atomic E-state index is -0.439. The fraction of sp³-hybridized carbons (Fsp3) is 0.0769. The van der Waals surface area contributed by atoms with E-state index in [1.165, 1.54) is 18.2 Å². The monoisotopic (exact) mass is 324 g/mol. The van der Waals surface area contributed by atoms with E-state index < -0.39 is 4.92 Å². The molecule has 0 aliphatic rings. The molecular formula is C13H10BrFN2O2. The fourth-order valence-electron chi connectivity index (χ4n) is 1.58. The summed E-state index contributed by atoms with van der Waals surface area (Å²) in [5, 5.41) is 13.9. The van der Waals surface area contributed by atoms with Crippen LogP contribution in [-0.2, 0) is 6.54 Å². The second-order valence-electron chi connectivity index (χ2n) is 3.90. The summed E-state index contributed by atoms with van der Waals surface area (Å²) in [5.74, 6) is -0.301. The highest BCUT2D eigenvalue weighted by molar-refractivity contribution is 9.10. The Morgan fingerprint density at radius 1 is 1.21 bits per heavy atom. The molecule has 0 atom stereocenters. The Hall–Kier alpha value is -1.95. The van der Waals surface area contributed by atoms with Crippen LogP contribution in [0.25, 0.3) is 0 Å². The lowest BCUT2D eigenvalue weighted by Crippen LogP contribution is -2.00. The molecule has 2 aromatic rings. The van der Waals surface area contributed by atoms with Crippen molar-refractivity contribution in [2.45, 2.75) is 6.54 Å². The summed E-state index contributed by atoms with van der Waals surface area (Å²) in [7, 11) is 0. The summed E-state index contributed by atoms with van der Waals surface area (Å²) < 4.78 is 13.2. The van der Waals surface area contributed by atoms with Crippen LogP contribution in [-0.4, -0.2) is 4.92 Å². The van der Waals surface area contributed by atoms with Crippen molar-refractivity contribution in [2.24, 2.45) is 0 Å². The maximum Gasteiger partial charge on any atom is 0.283 e.